The van der Waals surface area contributed by atoms with Crippen molar-refractivity contribution < 1.29 is 0 Å². The topological polar surface area (TPSA) is 62.5 Å². The van der Waals surface area contributed by atoms with Crippen LogP contribution in [-0.2, 0) is 11.8 Å². The molecule has 0 N–H and O–H groups in total. The first-order valence-electron chi connectivity index (χ1n) is 10.1. The Balaban J connectivity index is 1.50. The first-order chi connectivity index (χ1) is 13.4. The highest BCUT2D eigenvalue weighted by Gasteiger charge is 2.20. The summed E-state index contributed by atoms with van der Waals surface area (Å²) in [5.74, 6) is 1.82. The average molecular weight is 380 g/mol. The highest BCUT2D eigenvalue weighted by Crippen LogP contribution is 2.22. The van der Waals surface area contributed by atoms with Crippen molar-refractivity contribution in [3.8, 4) is 0 Å². The molecule has 148 valence electrons. The summed E-state index contributed by atoms with van der Waals surface area (Å²) in [7, 11) is 0. The molecule has 0 amide bonds. The van der Waals surface area contributed by atoms with Gasteiger partial charge in [-0.3, -0.25) is 0 Å². The summed E-state index contributed by atoms with van der Waals surface area (Å²) in [6, 6.07) is 4.14. The van der Waals surface area contributed by atoms with Gasteiger partial charge >= 0.3 is 0 Å². The van der Waals surface area contributed by atoms with Gasteiger partial charge in [0.15, 0.2) is 5.65 Å². The third-order valence-corrected chi connectivity index (χ3v) is 5.28. The van der Waals surface area contributed by atoms with E-state index in [1.165, 1.54) is 5.56 Å². The summed E-state index contributed by atoms with van der Waals surface area (Å²) in [5, 5.41) is 4.83. The highest BCUT2D eigenvalue weighted by molar-refractivity contribution is 5.48. The fourth-order valence-corrected chi connectivity index (χ4v) is 3.44. The number of hydrogen-bond donors (Lipinski definition) is 0. The van der Waals surface area contributed by atoms with Crippen LogP contribution in [0.25, 0.3) is 5.65 Å². The van der Waals surface area contributed by atoms with Crippen LogP contribution in [0.15, 0.2) is 30.7 Å². The van der Waals surface area contributed by atoms with Gasteiger partial charge in [-0.25, -0.2) is 19.5 Å². The fourth-order valence-electron chi connectivity index (χ4n) is 3.44. The molecule has 0 aliphatic carbocycles. The number of rotatable bonds is 3. The SMILES string of the molecule is CCc1cnc(N2CCCN(c3ccc4nc(C(C)(C)C)cn4n3)CC2)nc1. The minimum absolute atomic E-state index is 0.0181. The smallest absolute Gasteiger partial charge is 0.225 e. The van der Waals surface area contributed by atoms with E-state index in [0.717, 1.165) is 62.1 Å². The molecule has 0 aromatic carbocycles. The summed E-state index contributed by atoms with van der Waals surface area (Å²) >= 11 is 0. The molecule has 1 fully saturated rings. The van der Waals surface area contributed by atoms with Crippen LogP contribution in [0.4, 0.5) is 11.8 Å². The van der Waals surface area contributed by atoms with E-state index in [0.29, 0.717) is 0 Å². The van der Waals surface area contributed by atoms with Crippen molar-refractivity contribution in [2.24, 2.45) is 0 Å². The molecular weight excluding hydrogens is 350 g/mol. The minimum Gasteiger partial charge on any atom is -0.353 e. The van der Waals surface area contributed by atoms with Crippen LogP contribution >= 0.6 is 0 Å². The van der Waals surface area contributed by atoms with E-state index in [1.54, 1.807) is 0 Å². The molecular formula is C21H29N7. The third-order valence-electron chi connectivity index (χ3n) is 5.28. The highest BCUT2D eigenvalue weighted by atomic mass is 15.3. The van der Waals surface area contributed by atoms with E-state index >= 15 is 0 Å². The number of nitrogens with zero attached hydrogens (tertiary/aromatic N) is 7. The number of anilines is 2. The maximum Gasteiger partial charge on any atom is 0.225 e. The first kappa shape index (κ1) is 18.7. The van der Waals surface area contributed by atoms with E-state index in [-0.39, 0.29) is 5.41 Å². The maximum absolute atomic E-state index is 4.83. The van der Waals surface area contributed by atoms with Gasteiger partial charge in [0.2, 0.25) is 5.95 Å². The predicted octanol–water partition coefficient (Wildman–Crippen LogP) is 3.10. The van der Waals surface area contributed by atoms with Gasteiger partial charge in [0.1, 0.15) is 5.82 Å². The van der Waals surface area contributed by atoms with Gasteiger partial charge < -0.3 is 9.80 Å². The Kier molecular flexibility index (Phi) is 4.91. The minimum atomic E-state index is 0.0181. The van der Waals surface area contributed by atoms with Crippen LogP contribution in [0.1, 0.15) is 45.4 Å². The number of aryl methyl sites for hydroxylation is 1. The quantitative estimate of drug-likeness (QED) is 0.697. The van der Waals surface area contributed by atoms with Gasteiger partial charge in [0.25, 0.3) is 0 Å². The molecule has 1 aliphatic rings. The van der Waals surface area contributed by atoms with Gasteiger partial charge in [-0.05, 0) is 30.5 Å². The van der Waals surface area contributed by atoms with Crippen molar-refractivity contribution >= 4 is 17.4 Å². The zero-order valence-corrected chi connectivity index (χ0v) is 17.3. The Morgan fingerprint density at radius 2 is 1.68 bits per heavy atom. The molecule has 0 spiro atoms. The van der Waals surface area contributed by atoms with E-state index in [2.05, 4.69) is 59.6 Å². The van der Waals surface area contributed by atoms with Gasteiger partial charge in [0.05, 0.1) is 11.9 Å². The predicted molar refractivity (Wildman–Crippen MR) is 112 cm³/mol. The molecule has 0 atom stereocenters. The van der Waals surface area contributed by atoms with Crippen molar-refractivity contribution in [2.45, 2.75) is 46.0 Å². The Morgan fingerprint density at radius 3 is 2.39 bits per heavy atom. The fraction of sp³-hybridized carbons (Fsp3) is 0.524. The van der Waals surface area contributed by atoms with Crippen molar-refractivity contribution in [3.05, 3.63) is 42.0 Å². The van der Waals surface area contributed by atoms with Crippen LogP contribution in [0.5, 0.6) is 0 Å². The first-order valence-corrected chi connectivity index (χ1v) is 10.1. The lowest BCUT2D eigenvalue weighted by molar-refractivity contribution is 0.572. The maximum atomic E-state index is 4.83. The Morgan fingerprint density at radius 1 is 0.964 bits per heavy atom. The molecule has 28 heavy (non-hydrogen) atoms. The third kappa shape index (κ3) is 3.79. The lowest BCUT2D eigenvalue weighted by Gasteiger charge is -2.22. The average Bonchev–Trinajstić information content (AvgIpc) is 2.98. The standard InChI is InChI=1S/C21H29N7/c1-5-16-13-22-20(23-14-16)27-10-6-9-26(11-12-27)19-8-7-18-24-17(21(2,3)4)15-28(18)25-19/h7-8,13-15H,5-6,9-12H2,1-4H3. The van der Waals surface area contributed by atoms with Crippen LogP contribution in [0.3, 0.4) is 0 Å². The number of fused-ring (bicyclic) bond motifs is 1. The van der Waals surface area contributed by atoms with Gasteiger partial charge in [-0.15, -0.1) is 5.10 Å². The normalized spacial score (nSPS) is 15.9. The van der Waals surface area contributed by atoms with Gasteiger partial charge in [-0.2, -0.15) is 0 Å². The molecule has 3 aromatic rings. The van der Waals surface area contributed by atoms with E-state index in [1.807, 2.05) is 23.1 Å². The van der Waals surface area contributed by atoms with Crippen LogP contribution < -0.4 is 9.80 Å². The Bertz CT molecular complexity index is 940. The number of aromatic nitrogens is 5. The Labute approximate surface area is 166 Å². The van der Waals surface area contributed by atoms with E-state index in [4.69, 9.17) is 10.1 Å². The monoisotopic (exact) mass is 379 g/mol. The molecule has 1 saturated heterocycles. The second kappa shape index (κ2) is 7.37. The second-order valence-corrected chi connectivity index (χ2v) is 8.44. The Hall–Kier alpha value is -2.70. The summed E-state index contributed by atoms with van der Waals surface area (Å²) in [6.07, 6.45) is 7.94. The second-order valence-electron chi connectivity index (χ2n) is 8.44. The number of imidazole rings is 1. The van der Waals surface area contributed by atoms with E-state index in [9.17, 15) is 0 Å². The zero-order chi connectivity index (χ0) is 19.7. The molecule has 7 heteroatoms. The lowest BCUT2D eigenvalue weighted by Crippen LogP contribution is -2.32. The molecule has 0 radical (unpaired) electrons. The summed E-state index contributed by atoms with van der Waals surface area (Å²) in [4.78, 5) is 18.4. The van der Waals surface area contributed by atoms with Gasteiger partial charge in [0, 0.05) is 44.0 Å². The summed E-state index contributed by atoms with van der Waals surface area (Å²) in [6.45, 7) is 12.4. The molecule has 0 bridgehead atoms. The molecule has 0 saturated carbocycles. The molecule has 4 heterocycles. The van der Waals surface area contributed by atoms with Crippen molar-refractivity contribution in [1.82, 2.24) is 24.6 Å². The molecule has 0 unspecified atom stereocenters. The van der Waals surface area contributed by atoms with Crippen molar-refractivity contribution in [2.75, 3.05) is 36.0 Å². The van der Waals surface area contributed by atoms with Crippen molar-refractivity contribution in [1.29, 1.82) is 0 Å². The van der Waals surface area contributed by atoms with Crippen LogP contribution in [0.2, 0.25) is 0 Å². The van der Waals surface area contributed by atoms with E-state index < -0.39 is 0 Å². The largest absolute Gasteiger partial charge is 0.353 e. The molecule has 7 nitrogen and oxygen atoms in total. The number of hydrogen-bond acceptors (Lipinski definition) is 6. The zero-order valence-electron chi connectivity index (χ0n) is 17.3. The lowest BCUT2D eigenvalue weighted by atomic mass is 9.93. The summed E-state index contributed by atoms with van der Waals surface area (Å²) < 4.78 is 1.91. The van der Waals surface area contributed by atoms with Crippen molar-refractivity contribution in [3.63, 3.8) is 0 Å². The van der Waals surface area contributed by atoms with Gasteiger partial charge in [-0.1, -0.05) is 27.7 Å². The summed E-state index contributed by atoms with van der Waals surface area (Å²) in [5.41, 5.74) is 3.15. The molecule has 1 aliphatic heterocycles. The van der Waals surface area contributed by atoms with Crippen LogP contribution in [0, 0.1) is 0 Å². The molecule has 4 rings (SSSR count). The van der Waals surface area contributed by atoms with Crippen LogP contribution in [-0.4, -0.2) is 50.7 Å². The molecule has 3 aromatic heterocycles.